The van der Waals surface area contributed by atoms with E-state index in [-0.39, 0.29) is 0 Å². The molecule has 62 valence electrons. The van der Waals surface area contributed by atoms with Crippen LogP contribution in [0.15, 0.2) is 30.5 Å². The fourth-order valence-electron chi connectivity index (χ4n) is 1.13. The lowest BCUT2D eigenvalue weighted by Gasteiger charge is -2.06. The van der Waals surface area contributed by atoms with Crippen LogP contribution in [0.3, 0.4) is 0 Å². The van der Waals surface area contributed by atoms with Crippen LogP contribution in [0.5, 0.6) is 11.5 Å². The zero-order valence-electron chi connectivity index (χ0n) is 6.91. The molecule has 0 spiro atoms. The van der Waals surface area contributed by atoms with Gasteiger partial charge in [-0.25, -0.2) is 0 Å². The van der Waals surface area contributed by atoms with Crippen molar-refractivity contribution in [1.29, 1.82) is 0 Å². The molecule has 0 saturated heterocycles. The van der Waals surface area contributed by atoms with Crippen molar-refractivity contribution in [2.24, 2.45) is 0 Å². The van der Waals surface area contributed by atoms with Crippen molar-refractivity contribution in [2.75, 3.05) is 6.61 Å². The van der Waals surface area contributed by atoms with Crippen LogP contribution in [0.2, 0.25) is 0 Å². The van der Waals surface area contributed by atoms with E-state index in [1.807, 2.05) is 31.2 Å². The molecule has 0 fully saturated rings. The molecule has 1 aromatic rings. The largest absolute Gasteiger partial charge is 0.485 e. The van der Waals surface area contributed by atoms with Gasteiger partial charge in [-0.05, 0) is 30.7 Å². The summed E-state index contributed by atoms with van der Waals surface area (Å²) in [6.45, 7) is 2.61. The molecule has 0 bridgehead atoms. The third-order valence-electron chi connectivity index (χ3n) is 1.73. The van der Waals surface area contributed by atoms with Crippen molar-refractivity contribution >= 4 is 0 Å². The topological polar surface area (TPSA) is 18.5 Å². The number of hydrogen-bond acceptors (Lipinski definition) is 2. The summed E-state index contributed by atoms with van der Waals surface area (Å²) in [5.74, 6) is 1.61. The van der Waals surface area contributed by atoms with Crippen molar-refractivity contribution in [3.63, 3.8) is 0 Å². The number of fused-ring (bicyclic) bond motifs is 1. The van der Waals surface area contributed by atoms with Crippen molar-refractivity contribution in [1.82, 2.24) is 0 Å². The second-order valence-electron chi connectivity index (χ2n) is 2.75. The standard InChI is InChI=1S/C10H10O2/c1-8-3-4-9-10(7-8)12-6-2-5-11-9/h2-4,6-7H,5H2,1H3. The van der Waals surface area contributed by atoms with Gasteiger partial charge in [-0.15, -0.1) is 0 Å². The minimum Gasteiger partial charge on any atom is -0.485 e. The second kappa shape index (κ2) is 2.89. The Morgan fingerprint density at radius 1 is 1.25 bits per heavy atom. The number of hydrogen-bond donors (Lipinski definition) is 0. The Labute approximate surface area is 71.4 Å². The maximum absolute atomic E-state index is 5.39. The van der Waals surface area contributed by atoms with Crippen LogP contribution in [0.25, 0.3) is 0 Å². The molecule has 1 aliphatic heterocycles. The molecule has 0 unspecified atom stereocenters. The highest BCUT2D eigenvalue weighted by Crippen LogP contribution is 2.29. The summed E-state index contributed by atoms with van der Waals surface area (Å²) in [6.07, 6.45) is 3.50. The molecule has 0 radical (unpaired) electrons. The summed E-state index contributed by atoms with van der Waals surface area (Å²) < 4.78 is 10.7. The van der Waals surface area contributed by atoms with Crippen LogP contribution in [0, 0.1) is 6.92 Å². The molecular formula is C10H10O2. The summed E-state index contributed by atoms with van der Waals surface area (Å²) in [5, 5.41) is 0. The zero-order valence-corrected chi connectivity index (χ0v) is 6.91. The molecule has 0 aliphatic carbocycles. The van der Waals surface area contributed by atoms with Crippen molar-refractivity contribution in [3.8, 4) is 11.5 Å². The molecule has 2 nitrogen and oxygen atoms in total. The average molecular weight is 162 g/mol. The molecule has 0 saturated carbocycles. The summed E-state index contributed by atoms with van der Waals surface area (Å²) in [7, 11) is 0. The first-order valence-corrected chi connectivity index (χ1v) is 3.91. The predicted molar refractivity (Wildman–Crippen MR) is 46.4 cm³/mol. The molecule has 0 atom stereocenters. The lowest BCUT2D eigenvalue weighted by Crippen LogP contribution is -1.91. The van der Waals surface area contributed by atoms with Crippen LogP contribution < -0.4 is 9.47 Å². The van der Waals surface area contributed by atoms with Crippen LogP contribution in [-0.2, 0) is 0 Å². The molecule has 0 amide bonds. The Kier molecular flexibility index (Phi) is 1.74. The molecule has 0 N–H and O–H groups in total. The lowest BCUT2D eigenvalue weighted by atomic mass is 10.2. The summed E-state index contributed by atoms with van der Waals surface area (Å²) >= 11 is 0. The summed E-state index contributed by atoms with van der Waals surface area (Å²) in [4.78, 5) is 0. The highest BCUT2D eigenvalue weighted by atomic mass is 16.5. The van der Waals surface area contributed by atoms with E-state index >= 15 is 0 Å². The second-order valence-corrected chi connectivity index (χ2v) is 2.75. The van der Waals surface area contributed by atoms with Gasteiger partial charge in [0.25, 0.3) is 0 Å². The molecule has 2 rings (SSSR count). The van der Waals surface area contributed by atoms with Gasteiger partial charge in [0, 0.05) is 0 Å². The van der Waals surface area contributed by atoms with Crippen molar-refractivity contribution in [3.05, 3.63) is 36.1 Å². The Hall–Kier alpha value is -1.44. The first kappa shape index (κ1) is 7.22. The fraction of sp³-hybridized carbons (Fsp3) is 0.200. The van der Waals surface area contributed by atoms with Gasteiger partial charge in [0.1, 0.15) is 6.61 Å². The van der Waals surface area contributed by atoms with Crippen molar-refractivity contribution < 1.29 is 9.47 Å². The molecule has 1 heterocycles. The average Bonchev–Trinajstić information content (AvgIpc) is 2.28. The summed E-state index contributed by atoms with van der Waals surface area (Å²) in [6, 6.07) is 5.90. The maximum Gasteiger partial charge on any atom is 0.168 e. The quantitative estimate of drug-likeness (QED) is 0.582. The Morgan fingerprint density at radius 2 is 2.17 bits per heavy atom. The number of rotatable bonds is 0. The number of aryl methyl sites for hydroxylation is 1. The van der Waals surface area contributed by atoms with Gasteiger partial charge in [0.05, 0.1) is 6.26 Å². The molecule has 12 heavy (non-hydrogen) atoms. The van der Waals surface area contributed by atoms with E-state index in [0.717, 1.165) is 11.5 Å². The maximum atomic E-state index is 5.39. The first-order valence-electron chi connectivity index (χ1n) is 3.91. The Bertz CT molecular complexity index is 316. The number of ether oxygens (including phenoxy) is 2. The third kappa shape index (κ3) is 1.28. The normalized spacial score (nSPS) is 14.1. The highest BCUT2D eigenvalue weighted by Gasteiger charge is 2.05. The molecule has 2 heteroatoms. The van der Waals surface area contributed by atoms with Crippen LogP contribution in [-0.4, -0.2) is 6.61 Å². The van der Waals surface area contributed by atoms with Gasteiger partial charge in [-0.3, -0.25) is 0 Å². The van der Waals surface area contributed by atoms with E-state index in [2.05, 4.69) is 0 Å². The van der Waals surface area contributed by atoms with Gasteiger partial charge in [0.15, 0.2) is 11.5 Å². The van der Waals surface area contributed by atoms with E-state index in [4.69, 9.17) is 9.47 Å². The van der Waals surface area contributed by atoms with E-state index in [9.17, 15) is 0 Å². The fourth-order valence-corrected chi connectivity index (χ4v) is 1.13. The first-order chi connectivity index (χ1) is 5.86. The molecule has 1 aliphatic rings. The minimum absolute atomic E-state index is 0.579. The van der Waals surface area contributed by atoms with Gasteiger partial charge in [-0.2, -0.15) is 0 Å². The zero-order chi connectivity index (χ0) is 8.39. The van der Waals surface area contributed by atoms with Gasteiger partial charge in [-0.1, -0.05) is 6.07 Å². The predicted octanol–water partition coefficient (Wildman–Crippen LogP) is 2.28. The van der Waals surface area contributed by atoms with Gasteiger partial charge < -0.3 is 9.47 Å². The minimum atomic E-state index is 0.579. The Balaban J connectivity index is 2.42. The van der Waals surface area contributed by atoms with Gasteiger partial charge >= 0.3 is 0 Å². The van der Waals surface area contributed by atoms with E-state index in [0.29, 0.717) is 6.61 Å². The Morgan fingerprint density at radius 3 is 3.08 bits per heavy atom. The van der Waals surface area contributed by atoms with Crippen LogP contribution >= 0.6 is 0 Å². The lowest BCUT2D eigenvalue weighted by molar-refractivity contribution is 0.356. The SMILES string of the molecule is Cc1ccc2c(c1)OC=CCO2. The molecule has 1 aromatic carbocycles. The molecular weight excluding hydrogens is 152 g/mol. The smallest absolute Gasteiger partial charge is 0.168 e. The van der Waals surface area contributed by atoms with Crippen molar-refractivity contribution in [2.45, 2.75) is 6.92 Å². The van der Waals surface area contributed by atoms with E-state index < -0.39 is 0 Å². The monoisotopic (exact) mass is 162 g/mol. The number of benzene rings is 1. The van der Waals surface area contributed by atoms with E-state index in [1.54, 1.807) is 6.26 Å². The van der Waals surface area contributed by atoms with Crippen LogP contribution in [0.1, 0.15) is 5.56 Å². The highest BCUT2D eigenvalue weighted by molar-refractivity contribution is 5.43. The van der Waals surface area contributed by atoms with Gasteiger partial charge in [0.2, 0.25) is 0 Å². The third-order valence-corrected chi connectivity index (χ3v) is 1.73. The van der Waals surface area contributed by atoms with E-state index in [1.165, 1.54) is 5.56 Å². The summed E-state index contributed by atoms with van der Waals surface area (Å²) in [5.41, 5.74) is 1.17. The van der Waals surface area contributed by atoms with Crippen LogP contribution in [0.4, 0.5) is 0 Å². The molecule has 0 aromatic heterocycles.